The van der Waals surface area contributed by atoms with Crippen LogP contribution in [0.4, 0.5) is 13.2 Å². The third-order valence-electron chi connectivity index (χ3n) is 6.05. The summed E-state index contributed by atoms with van der Waals surface area (Å²) in [6, 6.07) is 4.94. The number of carbonyl (C=O) groups is 1. The van der Waals surface area contributed by atoms with E-state index in [1.807, 2.05) is 6.92 Å². The summed E-state index contributed by atoms with van der Waals surface area (Å²) in [7, 11) is 0. The highest BCUT2D eigenvalue weighted by Crippen LogP contribution is 2.39. The number of aliphatic hydroxyl groups is 1. The van der Waals surface area contributed by atoms with Crippen LogP contribution in [0.3, 0.4) is 0 Å². The molecule has 3 heterocycles. The summed E-state index contributed by atoms with van der Waals surface area (Å²) in [5.41, 5.74) is 0.626. The number of aliphatic hydroxyl groups excluding tert-OH is 1. The second-order valence-electron chi connectivity index (χ2n) is 8.50. The van der Waals surface area contributed by atoms with Crippen molar-refractivity contribution in [1.82, 2.24) is 19.7 Å². The first kappa shape index (κ1) is 23.0. The van der Waals surface area contributed by atoms with E-state index < -0.39 is 23.6 Å². The van der Waals surface area contributed by atoms with Gasteiger partial charge in [-0.25, -0.2) is 4.98 Å². The number of aryl methyl sites for hydroxylation is 1. The molecule has 33 heavy (non-hydrogen) atoms. The lowest BCUT2D eigenvalue weighted by Crippen LogP contribution is -2.25. The number of amides is 1. The summed E-state index contributed by atoms with van der Waals surface area (Å²) in [5.74, 6) is -0.384. The Morgan fingerprint density at radius 3 is 2.58 bits per heavy atom. The summed E-state index contributed by atoms with van der Waals surface area (Å²) in [6.07, 6.45) is -5.01. The van der Waals surface area contributed by atoms with Crippen LogP contribution in [0.1, 0.15) is 43.2 Å². The fourth-order valence-electron chi connectivity index (χ4n) is 4.54. The van der Waals surface area contributed by atoms with E-state index in [4.69, 9.17) is 0 Å². The van der Waals surface area contributed by atoms with E-state index in [-0.39, 0.29) is 28.6 Å². The van der Waals surface area contributed by atoms with Gasteiger partial charge in [-0.1, -0.05) is 0 Å². The number of fused-ring (bicyclic) bond motifs is 1. The zero-order valence-corrected chi connectivity index (χ0v) is 18.5. The molecular weight excluding hydrogens is 437 g/mol. The van der Waals surface area contributed by atoms with E-state index in [0.717, 1.165) is 6.07 Å². The van der Waals surface area contributed by atoms with Crippen LogP contribution in [0, 0.1) is 12.8 Å². The molecule has 0 aliphatic carbocycles. The fourth-order valence-corrected chi connectivity index (χ4v) is 4.54. The normalized spacial score (nSPS) is 17.8. The highest BCUT2D eigenvalue weighted by molar-refractivity contribution is 5.83. The minimum atomic E-state index is -4.57. The average Bonchev–Trinajstić information content (AvgIpc) is 3.25. The molecular formula is C23H25F3N4O3. The number of aromatic nitrogens is 3. The van der Waals surface area contributed by atoms with Crippen molar-refractivity contribution in [2.45, 2.75) is 46.0 Å². The summed E-state index contributed by atoms with van der Waals surface area (Å²) < 4.78 is 40.8. The van der Waals surface area contributed by atoms with Crippen molar-refractivity contribution in [3.63, 3.8) is 0 Å². The summed E-state index contributed by atoms with van der Waals surface area (Å²) in [5, 5.41) is 25.8. The average molecular weight is 462 g/mol. The Labute approximate surface area is 188 Å². The third kappa shape index (κ3) is 4.27. The van der Waals surface area contributed by atoms with E-state index >= 15 is 0 Å². The number of phenols is 1. The van der Waals surface area contributed by atoms with Crippen LogP contribution in [-0.4, -0.2) is 48.9 Å². The van der Waals surface area contributed by atoms with Gasteiger partial charge in [-0.05, 0) is 50.6 Å². The summed E-state index contributed by atoms with van der Waals surface area (Å²) >= 11 is 0. The zero-order chi connectivity index (χ0) is 24.1. The second-order valence-corrected chi connectivity index (χ2v) is 8.50. The molecule has 2 atom stereocenters. The first-order valence-electron chi connectivity index (χ1n) is 10.7. The number of hydrogen-bond donors (Lipinski definition) is 2. The maximum atomic E-state index is 13.1. The molecule has 1 aliphatic heterocycles. The monoisotopic (exact) mass is 462 g/mol. The van der Waals surface area contributed by atoms with Gasteiger partial charge in [0.05, 0.1) is 23.1 Å². The SMILES string of the molecule is CCN1C[C@@H](Cn2nc3nc(-c4c(C)cc(C(F)(F)F)cc4O)ccc3c2C(C)O)CC1=O. The molecule has 3 aromatic rings. The van der Waals surface area contributed by atoms with Gasteiger partial charge in [0.25, 0.3) is 0 Å². The first-order valence-corrected chi connectivity index (χ1v) is 10.7. The number of aromatic hydroxyl groups is 1. The molecule has 1 aliphatic rings. The standard InChI is InChI=1S/C23H25F3N4O3/c1-4-29-10-14(8-19(29)33)11-30-21(13(3)31)16-5-6-17(27-22(16)28-30)20-12(2)7-15(9-18(20)32)23(24,25)26/h5-7,9,13-14,31-32H,4,8,10-11H2,1-3H3/t13?,14-/m0/s1. The van der Waals surface area contributed by atoms with Gasteiger partial charge in [-0.15, -0.1) is 0 Å². The molecule has 1 saturated heterocycles. The van der Waals surface area contributed by atoms with Crippen LogP contribution in [-0.2, 0) is 17.5 Å². The van der Waals surface area contributed by atoms with E-state index in [0.29, 0.717) is 48.8 Å². The van der Waals surface area contributed by atoms with Gasteiger partial charge in [-0.2, -0.15) is 18.3 Å². The van der Waals surface area contributed by atoms with Crippen molar-refractivity contribution < 1.29 is 28.2 Å². The maximum absolute atomic E-state index is 13.1. The van der Waals surface area contributed by atoms with Gasteiger partial charge in [0.1, 0.15) is 5.75 Å². The lowest BCUT2D eigenvalue weighted by Gasteiger charge is -2.15. The Morgan fingerprint density at radius 1 is 1.27 bits per heavy atom. The minimum Gasteiger partial charge on any atom is -0.507 e. The van der Waals surface area contributed by atoms with Crippen LogP contribution in [0.15, 0.2) is 24.3 Å². The number of likely N-dealkylation sites (tertiary alicyclic amines) is 1. The second kappa shape index (κ2) is 8.33. The Morgan fingerprint density at radius 2 is 2.00 bits per heavy atom. The maximum Gasteiger partial charge on any atom is 0.416 e. The number of pyridine rings is 1. The molecule has 10 heteroatoms. The quantitative estimate of drug-likeness (QED) is 0.597. The van der Waals surface area contributed by atoms with Gasteiger partial charge in [0, 0.05) is 42.9 Å². The largest absolute Gasteiger partial charge is 0.507 e. The molecule has 1 amide bonds. The molecule has 1 fully saturated rings. The highest BCUT2D eigenvalue weighted by Gasteiger charge is 2.33. The number of halogens is 3. The molecule has 0 spiro atoms. The Balaban J connectivity index is 1.74. The molecule has 2 N–H and O–H groups in total. The third-order valence-corrected chi connectivity index (χ3v) is 6.05. The number of alkyl halides is 3. The van der Waals surface area contributed by atoms with Crippen molar-refractivity contribution in [2.75, 3.05) is 13.1 Å². The lowest BCUT2D eigenvalue weighted by atomic mass is 10.00. The van der Waals surface area contributed by atoms with E-state index in [2.05, 4.69) is 10.1 Å². The van der Waals surface area contributed by atoms with Crippen LogP contribution in [0.5, 0.6) is 5.75 Å². The molecule has 0 saturated carbocycles. The molecule has 0 bridgehead atoms. The van der Waals surface area contributed by atoms with Crippen molar-refractivity contribution in [3.8, 4) is 17.0 Å². The van der Waals surface area contributed by atoms with Gasteiger partial charge >= 0.3 is 6.18 Å². The van der Waals surface area contributed by atoms with Gasteiger partial charge in [0.2, 0.25) is 5.91 Å². The molecule has 1 unspecified atom stereocenters. The Hall–Kier alpha value is -3.14. The molecule has 7 nitrogen and oxygen atoms in total. The van der Waals surface area contributed by atoms with Crippen LogP contribution in [0.25, 0.3) is 22.3 Å². The minimum absolute atomic E-state index is 0.0462. The highest BCUT2D eigenvalue weighted by atomic mass is 19.4. The number of carbonyl (C=O) groups excluding carboxylic acids is 1. The smallest absolute Gasteiger partial charge is 0.416 e. The number of rotatable bonds is 5. The Kier molecular flexibility index (Phi) is 5.81. The molecule has 4 rings (SSSR count). The van der Waals surface area contributed by atoms with Gasteiger partial charge in [-0.3, -0.25) is 9.48 Å². The molecule has 0 radical (unpaired) electrons. The van der Waals surface area contributed by atoms with Crippen molar-refractivity contribution in [3.05, 3.63) is 41.1 Å². The van der Waals surface area contributed by atoms with Crippen LogP contribution < -0.4 is 0 Å². The predicted molar refractivity (Wildman–Crippen MR) is 115 cm³/mol. The first-order chi connectivity index (χ1) is 15.5. The van der Waals surface area contributed by atoms with E-state index in [1.165, 1.54) is 6.92 Å². The molecule has 176 valence electrons. The molecule has 1 aromatic carbocycles. The molecule has 2 aromatic heterocycles. The van der Waals surface area contributed by atoms with Crippen LogP contribution >= 0.6 is 0 Å². The van der Waals surface area contributed by atoms with Crippen molar-refractivity contribution in [1.29, 1.82) is 0 Å². The number of benzene rings is 1. The van der Waals surface area contributed by atoms with Crippen molar-refractivity contribution in [2.24, 2.45) is 5.92 Å². The number of nitrogens with zero attached hydrogens (tertiary/aromatic N) is 4. The fraction of sp³-hybridized carbons (Fsp3) is 0.435. The van der Waals surface area contributed by atoms with Crippen LogP contribution in [0.2, 0.25) is 0 Å². The zero-order valence-electron chi connectivity index (χ0n) is 18.5. The van der Waals surface area contributed by atoms with Crippen molar-refractivity contribution >= 4 is 16.9 Å². The topological polar surface area (TPSA) is 91.5 Å². The van der Waals surface area contributed by atoms with E-state index in [1.54, 1.807) is 28.6 Å². The van der Waals surface area contributed by atoms with Gasteiger partial charge in [0.15, 0.2) is 5.65 Å². The van der Waals surface area contributed by atoms with Gasteiger partial charge < -0.3 is 15.1 Å². The summed E-state index contributed by atoms with van der Waals surface area (Å²) in [4.78, 5) is 18.4. The number of phenolic OH excluding ortho intramolecular Hbond substituents is 1. The summed E-state index contributed by atoms with van der Waals surface area (Å²) in [6.45, 7) is 6.70. The Bertz CT molecular complexity index is 1200. The lowest BCUT2D eigenvalue weighted by molar-refractivity contribution is -0.137. The van der Waals surface area contributed by atoms with E-state index in [9.17, 15) is 28.2 Å². The predicted octanol–water partition coefficient (Wildman–Crippen LogP) is 4.05. The number of hydrogen-bond acceptors (Lipinski definition) is 5.